The molecule has 0 amide bonds. The number of benzene rings is 1. The Morgan fingerprint density at radius 2 is 1.50 bits per heavy atom. The molecule has 0 saturated heterocycles. The minimum atomic E-state index is 0.677. The zero-order valence-corrected chi connectivity index (χ0v) is 7.62. The molecule has 0 atom stereocenters. The average Bonchev–Trinajstić information content (AvgIpc) is 2.48. The normalized spacial score (nSPS) is 14.9. The molecule has 2 heteroatoms. The highest BCUT2D eigenvalue weighted by Crippen LogP contribution is 2.19. The molecule has 1 aromatic rings. The van der Waals surface area contributed by atoms with Gasteiger partial charge in [0.05, 0.1) is 0 Å². The van der Waals surface area contributed by atoms with Crippen molar-refractivity contribution in [1.29, 1.82) is 0 Å². The quantitative estimate of drug-likeness (QED) is 0.638. The van der Waals surface area contributed by atoms with Crippen LogP contribution in [0.5, 0.6) is 0 Å². The number of nitrogens with zero attached hydrogens (tertiary/aromatic N) is 1. The van der Waals surface area contributed by atoms with Crippen molar-refractivity contribution in [1.82, 2.24) is 5.06 Å². The van der Waals surface area contributed by atoms with Crippen LogP contribution in [0.3, 0.4) is 0 Å². The molecule has 0 saturated carbocycles. The predicted octanol–water partition coefficient (Wildman–Crippen LogP) is 2.42. The summed E-state index contributed by atoms with van der Waals surface area (Å²) in [7, 11) is 0. The van der Waals surface area contributed by atoms with Crippen LogP contribution in [0, 0.1) is 0 Å². The molecule has 12 heavy (non-hydrogen) atoms. The van der Waals surface area contributed by atoms with Gasteiger partial charge in [-0.2, -0.15) is 5.06 Å². The Morgan fingerprint density at radius 1 is 1.08 bits per heavy atom. The van der Waals surface area contributed by atoms with Gasteiger partial charge in [-0.05, 0) is 11.1 Å². The molecule has 2 nitrogen and oxygen atoms in total. The highest BCUT2D eigenvalue weighted by molar-refractivity contribution is 5.29. The van der Waals surface area contributed by atoms with Crippen LogP contribution < -0.4 is 0 Å². The van der Waals surface area contributed by atoms with Crippen LogP contribution in [-0.2, 0) is 13.1 Å². The van der Waals surface area contributed by atoms with Crippen molar-refractivity contribution in [2.45, 2.75) is 26.9 Å². The third kappa shape index (κ3) is 1.84. The number of hydrogen-bond donors (Lipinski definition) is 1. The molecule has 0 spiro atoms. The summed E-state index contributed by atoms with van der Waals surface area (Å²) in [6, 6.07) is 8.09. The molecule has 0 aliphatic carbocycles. The molecule has 2 rings (SSSR count). The first-order valence-electron chi connectivity index (χ1n) is 4.37. The molecule has 1 N–H and O–H groups in total. The van der Waals surface area contributed by atoms with Gasteiger partial charge in [-0.3, -0.25) is 0 Å². The maximum absolute atomic E-state index is 9.08. The Bertz CT molecular complexity index is 222. The van der Waals surface area contributed by atoms with Crippen molar-refractivity contribution < 1.29 is 5.21 Å². The van der Waals surface area contributed by atoms with Gasteiger partial charge in [0.25, 0.3) is 0 Å². The summed E-state index contributed by atoms with van der Waals surface area (Å²) in [4.78, 5) is 0. The van der Waals surface area contributed by atoms with E-state index in [0.717, 1.165) is 0 Å². The fourth-order valence-corrected chi connectivity index (χ4v) is 1.32. The van der Waals surface area contributed by atoms with E-state index in [1.54, 1.807) is 0 Å². The van der Waals surface area contributed by atoms with E-state index in [1.165, 1.54) is 16.2 Å². The molecule has 0 aromatic heterocycles. The van der Waals surface area contributed by atoms with E-state index in [0.29, 0.717) is 13.1 Å². The molecule has 0 fully saturated rings. The lowest BCUT2D eigenvalue weighted by molar-refractivity contribution is -0.0969. The van der Waals surface area contributed by atoms with Crippen molar-refractivity contribution in [3.63, 3.8) is 0 Å². The summed E-state index contributed by atoms with van der Waals surface area (Å²) < 4.78 is 0. The second kappa shape index (κ2) is 4.24. The molecule has 1 aromatic carbocycles. The summed E-state index contributed by atoms with van der Waals surface area (Å²) >= 11 is 0. The lowest BCUT2D eigenvalue weighted by Gasteiger charge is -2.00. The van der Waals surface area contributed by atoms with Gasteiger partial charge in [0, 0.05) is 13.1 Å². The largest absolute Gasteiger partial charge is 0.313 e. The van der Waals surface area contributed by atoms with Crippen LogP contribution in [0.15, 0.2) is 24.3 Å². The van der Waals surface area contributed by atoms with Gasteiger partial charge in [-0.25, -0.2) is 0 Å². The van der Waals surface area contributed by atoms with E-state index in [4.69, 9.17) is 5.21 Å². The first-order valence-corrected chi connectivity index (χ1v) is 4.37. The predicted molar refractivity (Wildman–Crippen MR) is 48.8 cm³/mol. The molecule has 1 heterocycles. The third-order valence-electron chi connectivity index (χ3n) is 1.82. The topological polar surface area (TPSA) is 23.5 Å². The van der Waals surface area contributed by atoms with Gasteiger partial charge in [0.1, 0.15) is 0 Å². The maximum Gasteiger partial charge on any atom is 0.0495 e. The van der Waals surface area contributed by atoms with Gasteiger partial charge in [-0.1, -0.05) is 38.1 Å². The van der Waals surface area contributed by atoms with E-state index in [9.17, 15) is 0 Å². The minimum absolute atomic E-state index is 0.677. The van der Waals surface area contributed by atoms with Crippen molar-refractivity contribution in [2.24, 2.45) is 0 Å². The lowest BCUT2D eigenvalue weighted by atomic mass is 10.1. The smallest absolute Gasteiger partial charge is 0.0495 e. The molecule has 0 unspecified atom stereocenters. The fraction of sp³-hybridized carbons (Fsp3) is 0.400. The van der Waals surface area contributed by atoms with Crippen molar-refractivity contribution in [2.75, 3.05) is 0 Å². The number of hydroxylamine groups is 2. The van der Waals surface area contributed by atoms with Crippen molar-refractivity contribution >= 4 is 0 Å². The molecule has 0 bridgehead atoms. The number of hydrogen-bond acceptors (Lipinski definition) is 2. The van der Waals surface area contributed by atoms with Crippen LogP contribution in [0.2, 0.25) is 0 Å². The van der Waals surface area contributed by atoms with E-state index < -0.39 is 0 Å². The Balaban J connectivity index is 0.000000336. The van der Waals surface area contributed by atoms with Crippen LogP contribution in [-0.4, -0.2) is 10.3 Å². The van der Waals surface area contributed by atoms with E-state index in [-0.39, 0.29) is 0 Å². The lowest BCUT2D eigenvalue weighted by Crippen LogP contribution is -2.08. The SMILES string of the molecule is CC.ON1Cc2ccccc2C1. The zero-order chi connectivity index (χ0) is 8.97. The maximum atomic E-state index is 9.08. The fourth-order valence-electron chi connectivity index (χ4n) is 1.32. The molecular weight excluding hydrogens is 150 g/mol. The highest BCUT2D eigenvalue weighted by atomic mass is 16.5. The molecule has 1 aliphatic rings. The number of fused-ring (bicyclic) bond motifs is 1. The molecular formula is C10H15NO. The zero-order valence-electron chi connectivity index (χ0n) is 7.62. The summed E-state index contributed by atoms with van der Waals surface area (Å²) in [5.41, 5.74) is 2.48. The van der Waals surface area contributed by atoms with E-state index >= 15 is 0 Å². The summed E-state index contributed by atoms with van der Waals surface area (Å²) in [5.74, 6) is 0. The Kier molecular flexibility index (Phi) is 3.26. The second-order valence-corrected chi connectivity index (χ2v) is 2.59. The van der Waals surface area contributed by atoms with Crippen LogP contribution in [0.25, 0.3) is 0 Å². The van der Waals surface area contributed by atoms with Crippen LogP contribution in [0.4, 0.5) is 0 Å². The monoisotopic (exact) mass is 165 g/mol. The van der Waals surface area contributed by atoms with Crippen molar-refractivity contribution in [3.8, 4) is 0 Å². The van der Waals surface area contributed by atoms with Crippen LogP contribution in [0.1, 0.15) is 25.0 Å². The summed E-state index contributed by atoms with van der Waals surface area (Å²) in [5, 5.41) is 10.4. The Morgan fingerprint density at radius 3 is 1.92 bits per heavy atom. The van der Waals surface area contributed by atoms with E-state index in [1.807, 2.05) is 38.1 Å². The summed E-state index contributed by atoms with van der Waals surface area (Å²) in [6.07, 6.45) is 0. The van der Waals surface area contributed by atoms with Gasteiger partial charge in [-0.15, -0.1) is 0 Å². The standard InChI is InChI=1S/C8H9NO.C2H6/c10-9-5-7-3-1-2-4-8(7)6-9;1-2/h1-4,10H,5-6H2;1-2H3. The third-order valence-corrected chi connectivity index (χ3v) is 1.82. The van der Waals surface area contributed by atoms with Crippen LogP contribution >= 0.6 is 0 Å². The first-order chi connectivity index (χ1) is 5.86. The molecule has 1 aliphatic heterocycles. The van der Waals surface area contributed by atoms with Gasteiger partial charge in [0.15, 0.2) is 0 Å². The minimum Gasteiger partial charge on any atom is -0.313 e. The Hall–Kier alpha value is -0.860. The second-order valence-electron chi connectivity index (χ2n) is 2.59. The van der Waals surface area contributed by atoms with Gasteiger partial charge >= 0.3 is 0 Å². The van der Waals surface area contributed by atoms with E-state index in [2.05, 4.69) is 0 Å². The summed E-state index contributed by atoms with van der Waals surface area (Å²) in [6.45, 7) is 5.35. The Labute approximate surface area is 73.4 Å². The average molecular weight is 165 g/mol. The van der Waals surface area contributed by atoms with Gasteiger partial charge < -0.3 is 5.21 Å². The first kappa shape index (κ1) is 9.23. The highest BCUT2D eigenvalue weighted by Gasteiger charge is 2.14. The molecule has 0 radical (unpaired) electrons. The van der Waals surface area contributed by atoms with Crippen molar-refractivity contribution in [3.05, 3.63) is 35.4 Å². The number of rotatable bonds is 0. The molecule has 66 valence electrons. The van der Waals surface area contributed by atoms with Gasteiger partial charge in [0.2, 0.25) is 0 Å².